The van der Waals surface area contributed by atoms with E-state index >= 15 is 0 Å². The summed E-state index contributed by atoms with van der Waals surface area (Å²) in [5.74, 6) is 1.33. The number of sulfonamides is 1. The second-order valence-corrected chi connectivity index (χ2v) is 10.1. The number of carbonyl (C=O) groups excluding carboxylic acids is 1. The Labute approximate surface area is 194 Å². The summed E-state index contributed by atoms with van der Waals surface area (Å²) >= 11 is 0. The van der Waals surface area contributed by atoms with Gasteiger partial charge in [-0.1, -0.05) is 6.07 Å². The van der Waals surface area contributed by atoms with E-state index in [2.05, 4.69) is 4.72 Å². The van der Waals surface area contributed by atoms with Gasteiger partial charge in [-0.3, -0.25) is 4.79 Å². The first kappa shape index (κ1) is 23.5. The van der Waals surface area contributed by atoms with Crippen molar-refractivity contribution in [2.24, 2.45) is 0 Å². The van der Waals surface area contributed by atoms with Gasteiger partial charge in [-0.05, 0) is 61.7 Å². The molecule has 1 saturated heterocycles. The van der Waals surface area contributed by atoms with Crippen LogP contribution in [0.2, 0.25) is 0 Å². The van der Waals surface area contributed by atoms with Crippen LogP contribution in [0.15, 0.2) is 47.4 Å². The molecule has 2 atom stereocenters. The van der Waals surface area contributed by atoms with E-state index in [9.17, 15) is 13.2 Å². The van der Waals surface area contributed by atoms with Crippen LogP contribution in [0, 0.1) is 0 Å². The van der Waals surface area contributed by atoms with E-state index in [-0.39, 0.29) is 29.5 Å². The van der Waals surface area contributed by atoms with E-state index in [1.807, 2.05) is 23.1 Å². The second-order valence-electron chi connectivity index (χ2n) is 8.42. The lowest BCUT2D eigenvalue weighted by Crippen LogP contribution is -2.35. The summed E-state index contributed by atoms with van der Waals surface area (Å²) in [5, 5.41) is 0. The third-order valence-electron chi connectivity index (χ3n) is 5.85. The largest absolute Gasteiger partial charge is 0.490 e. The predicted molar refractivity (Wildman–Crippen MR) is 123 cm³/mol. The first-order chi connectivity index (χ1) is 15.9. The minimum atomic E-state index is -3.69. The van der Waals surface area contributed by atoms with E-state index in [4.69, 9.17) is 14.2 Å². The highest BCUT2D eigenvalue weighted by molar-refractivity contribution is 7.89. The van der Waals surface area contributed by atoms with E-state index in [0.717, 1.165) is 30.6 Å². The fourth-order valence-electron chi connectivity index (χ4n) is 4.30. The summed E-state index contributed by atoms with van der Waals surface area (Å²) < 4.78 is 44.2. The predicted octanol–water partition coefficient (Wildman–Crippen LogP) is 3.14. The van der Waals surface area contributed by atoms with Gasteiger partial charge in [0.2, 0.25) is 10.0 Å². The molecule has 0 aromatic heterocycles. The maximum Gasteiger partial charge on any atom is 0.254 e. The number of benzene rings is 2. The highest BCUT2D eigenvalue weighted by atomic mass is 32.2. The molecule has 178 valence electrons. The third kappa shape index (κ3) is 5.31. The third-order valence-corrected chi connectivity index (χ3v) is 7.46. The van der Waals surface area contributed by atoms with Gasteiger partial charge in [-0.2, -0.15) is 0 Å². The molecular formula is C24H30N2O6S. The van der Waals surface area contributed by atoms with Crippen LogP contribution in [0.4, 0.5) is 0 Å². The van der Waals surface area contributed by atoms with Gasteiger partial charge in [0, 0.05) is 31.7 Å². The summed E-state index contributed by atoms with van der Waals surface area (Å²) in [4.78, 5) is 15.2. The topological polar surface area (TPSA) is 94.2 Å². The first-order valence-corrected chi connectivity index (χ1v) is 12.7. The molecule has 2 aliphatic rings. The molecule has 4 rings (SSSR count). The molecule has 1 fully saturated rings. The molecule has 0 saturated carbocycles. The van der Waals surface area contributed by atoms with Crippen molar-refractivity contribution in [2.45, 2.75) is 43.2 Å². The van der Waals surface area contributed by atoms with Crippen molar-refractivity contribution in [1.29, 1.82) is 0 Å². The quantitative estimate of drug-likeness (QED) is 0.663. The number of hydrogen-bond acceptors (Lipinski definition) is 6. The molecule has 0 unspecified atom stereocenters. The summed E-state index contributed by atoms with van der Waals surface area (Å²) in [7, 11) is -2.17. The molecule has 0 spiro atoms. The van der Waals surface area contributed by atoms with Crippen LogP contribution in [0.1, 0.15) is 48.1 Å². The van der Waals surface area contributed by atoms with Gasteiger partial charge in [-0.25, -0.2) is 13.1 Å². The molecular weight excluding hydrogens is 444 g/mol. The molecule has 0 bridgehead atoms. The maximum atomic E-state index is 13.3. The zero-order chi connectivity index (χ0) is 23.4. The Morgan fingerprint density at radius 3 is 2.58 bits per heavy atom. The molecule has 0 aliphatic carbocycles. The van der Waals surface area contributed by atoms with Crippen molar-refractivity contribution in [3.63, 3.8) is 0 Å². The monoisotopic (exact) mass is 474 g/mol. The number of fused-ring (bicyclic) bond motifs is 1. The van der Waals surface area contributed by atoms with Gasteiger partial charge in [-0.15, -0.1) is 0 Å². The van der Waals surface area contributed by atoms with Gasteiger partial charge in [0.1, 0.15) is 0 Å². The molecule has 9 heteroatoms. The molecule has 8 nitrogen and oxygen atoms in total. The first-order valence-electron chi connectivity index (χ1n) is 11.2. The van der Waals surface area contributed by atoms with Gasteiger partial charge in [0.25, 0.3) is 5.91 Å². The van der Waals surface area contributed by atoms with E-state index in [0.29, 0.717) is 31.1 Å². The number of nitrogens with zero attached hydrogens (tertiary/aromatic N) is 1. The number of ether oxygens (including phenoxy) is 3. The van der Waals surface area contributed by atoms with Gasteiger partial charge in [0.15, 0.2) is 11.5 Å². The van der Waals surface area contributed by atoms with Crippen molar-refractivity contribution < 1.29 is 27.4 Å². The van der Waals surface area contributed by atoms with E-state index in [1.165, 1.54) is 19.2 Å². The van der Waals surface area contributed by atoms with Crippen molar-refractivity contribution >= 4 is 15.9 Å². The lowest BCUT2D eigenvalue weighted by molar-refractivity contribution is 0.0735. The highest BCUT2D eigenvalue weighted by Crippen LogP contribution is 2.38. The summed E-state index contributed by atoms with van der Waals surface area (Å²) in [6.07, 6.45) is 2.60. The van der Waals surface area contributed by atoms with Crippen LogP contribution >= 0.6 is 0 Å². The Hall–Kier alpha value is -2.62. The molecule has 2 aromatic carbocycles. The van der Waals surface area contributed by atoms with Crippen LogP contribution in [0.3, 0.4) is 0 Å². The van der Waals surface area contributed by atoms with E-state index in [1.54, 1.807) is 19.1 Å². The molecule has 0 radical (unpaired) electrons. The van der Waals surface area contributed by atoms with Crippen molar-refractivity contribution in [1.82, 2.24) is 9.62 Å². The van der Waals surface area contributed by atoms with Crippen LogP contribution in [-0.4, -0.2) is 58.7 Å². The number of rotatable bonds is 7. The number of hydrogen-bond donors (Lipinski definition) is 1. The van der Waals surface area contributed by atoms with Crippen LogP contribution < -0.4 is 14.2 Å². The fourth-order valence-corrected chi connectivity index (χ4v) is 5.53. The van der Waals surface area contributed by atoms with Gasteiger partial charge >= 0.3 is 0 Å². The molecule has 2 aromatic rings. The average Bonchev–Trinajstić information content (AvgIpc) is 3.17. The standard InChI is InChI=1S/C24H30N2O6S/c1-17(16-30-2)25-33(28,29)20-9-6-18(7-10-20)24(27)26-12-3-5-21(26)19-8-11-22-23(15-19)32-14-4-13-31-22/h6-11,15,17,21,25H,3-5,12-14,16H2,1-2H3/t17-,21+/m0/s1. The van der Waals surface area contributed by atoms with Crippen LogP contribution in [0.25, 0.3) is 0 Å². The van der Waals surface area contributed by atoms with Crippen LogP contribution in [0.5, 0.6) is 11.5 Å². The maximum absolute atomic E-state index is 13.3. The molecule has 2 heterocycles. The number of methoxy groups -OCH3 is 1. The zero-order valence-electron chi connectivity index (χ0n) is 19.0. The Balaban J connectivity index is 1.50. The molecule has 1 amide bonds. The SMILES string of the molecule is COC[C@H](C)NS(=O)(=O)c1ccc(C(=O)N2CCC[C@@H]2c2ccc3c(c2)OCCCO3)cc1. The highest BCUT2D eigenvalue weighted by Gasteiger charge is 2.31. The Kier molecular flexibility index (Phi) is 7.21. The normalized spacial score (nSPS) is 19.2. The van der Waals surface area contributed by atoms with Gasteiger partial charge in [0.05, 0.1) is 30.8 Å². The molecule has 1 N–H and O–H groups in total. The Morgan fingerprint density at radius 1 is 1.12 bits per heavy atom. The average molecular weight is 475 g/mol. The number of amides is 1. The van der Waals surface area contributed by atoms with E-state index < -0.39 is 10.0 Å². The number of nitrogens with one attached hydrogen (secondary N) is 1. The lowest BCUT2D eigenvalue weighted by Gasteiger charge is -2.26. The summed E-state index contributed by atoms with van der Waals surface area (Å²) in [6, 6.07) is 11.5. The Morgan fingerprint density at radius 2 is 1.85 bits per heavy atom. The minimum Gasteiger partial charge on any atom is -0.490 e. The summed E-state index contributed by atoms with van der Waals surface area (Å²) in [5.41, 5.74) is 1.47. The Bertz CT molecular complexity index is 1090. The minimum absolute atomic E-state index is 0.0605. The second kappa shape index (κ2) is 10.1. The number of likely N-dealkylation sites (tertiary alicyclic amines) is 1. The molecule has 2 aliphatic heterocycles. The van der Waals surface area contributed by atoms with Crippen molar-refractivity contribution in [3.8, 4) is 11.5 Å². The lowest BCUT2D eigenvalue weighted by atomic mass is 10.0. The smallest absolute Gasteiger partial charge is 0.254 e. The zero-order valence-corrected chi connectivity index (χ0v) is 19.8. The fraction of sp³-hybridized carbons (Fsp3) is 0.458. The number of carbonyl (C=O) groups is 1. The summed E-state index contributed by atoms with van der Waals surface area (Å²) in [6.45, 7) is 3.89. The van der Waals surface area contributed by atoms with Crippen LogP contribution in [-0.2, 0) is 14.8 Å². The van der Waals surface area contributed by atoms with Crippen molar-refractivity contribution in [3.05, 3.63) is 53.6 Å². The molecule has 33 heavy (non-hydrogen) atoms. The van der Waals surface area contributed by atoms with Crippen molar-refractivity contribution in [2.75, 3.05) is 33.5 Å². The van der Waals surface area contributed by atoms with Gasteiger partial charge < -0.3 is 19.1 Å².